The molecule has 378 valence electrons. The number of nitrogens with zero attached hydrogens (tertiary/aromatic N) is 4. The molecule has 0 saturated heterocycles. The van der Waals surface area contributed by atoms with Crippen molar-refractivity contribution in [1.82, 2.24) is 9.13 Å². The van der Waals surface area contributed by atoms with Crippen LogP contribution in [0.15, 0.2) is 328 Å². The zero-order valence-electron chi connectivity index (χ0n) is 44.0. The lowest BCUT2D eigenvalue weighted by molar-refractivity contribution is 1.13. The number of rotatable bonds is 13. The van der Waals surface area contributed by atoms with Crippen LogP contribution in [0.1, 0.15) is 0 Å². The standard InChI is InChI=1S/C76H54N4/c1-9-25-55(26-10-1)73-69-53-59(41-51-71(69)79(75(73)57-29-13-3-14-30-57)67-47-43-65(44-48-67)77(61-33-17-5-18-34-61)62-35-19-6-20-36-62)60-42-52-72-70(54-60)74(56-27-11-2-12-28-56)76(58-31-15-4-16-32-58)80(72)68-49-45-66(46-50-68)78(63-37-21-7-22-38-63)64-39-23-8-24-40-64/h1-54H. The molecular formula is C76H54N4. The van der Waals surface area contributed by atoms with Crippen LogP contribution in [0.3, 0.4) is 0 Å². The monoisotopic (exact) mass is 1020 g/mol. The van der Waals surface area contributed by atoms with Crippen molar-refractivity contribution >= 4 is 55.9 Å². The van der Waals surface area contributed by atoms with Gasteiger partial charge in [-0.15, -0.1) is 0 Å². The Morgan fingerprint density at radius 1 is 0.200 bits per heavy atom. The first-order chi connectivity index (χ1) is 39.7. The molecule has 0 spiro atoms. The molecule has 0 atom stereocenters. The van der Waals surface area contributed by atoms with Crippen molar-refractivity contribution in [3.63, 3.8) is 0 Å². The van der Waals surface area contributed by atoms with Crippen LogP contribution in [0, 0.1) is 0 Å². The quantitative estimate of drug-likeness (QED) is 0.114. The first-order valence-electron chi connectivity index (χ1n) is 27.3. The molecule has 14 aromatic rings. The summed E-state index contributed by atoms with van der Waals surface area (Å²) in [7, 11) is 0. The maximum atomic E-state index is 2.46. The highest BCUT2D eigenvalue weighted by Gasteiger charge is 2.25. The second-order valence-electron chi connectivity index (χ2n) is 20.1. The third-order valence-electron chi connectivity index (χ3n) is 15.3. The molecular weight excluding hydrogens is 969 g/mol. The molecule has 2 heterocycles. The highest BCUT2D eigenvalue weighted by Crippen LogP contribution is 2.48. The van der Waals surface area contributed by atoms with Crippen LogP contribution in [0.2, 0.25) is 0 Å². The van der Waals surface area contributed by atoms with E-state index in [1.165, 1.54) is 21.9 Å². The number of hydrogen-bond donors (Lipinski definition) is 0. The van der Waals surface area contributed by atoms with Crippen LogP contribution < -0.4 is 9.80 Å². The van der Waals surface area contributed by atoms with Crippen LogP contribution >= 0.6 is 0 Å². The average molecular weight is 1020 g/mol. The molecule has 0 saturated carbocycles. The molecule has 4 heteroatoms. The van der Waals surface area contributed by atoms with Crippen molar-refractivity contribution in [2.45, 2.75) is 0 Å². The van der Waals surface area contributed by atoms with E-state index in [2.05, 4.69) is 347 Å². The fraction of sp³-hybridized carbons (Fsp3) is 0. The van der Waals surface area contributed by atoms with E-state index in [1.807, 2.05) is 0 Å². The molecule has 0 amide bonds. The summed E-state index contributed by atoms with van der Waals surface area (Å²) < 4.78 is 4.92. The highest BCUT2D eigenvalue weighted by atomic mass is 15.1. The van der Waals surface area contributed by atoms with Gasteiger partial charge in [0.15, 0.2) is 0 Å². The Labute approximate surface area is 467 Å². The van der Waals surface area contributed by atoms with Crippen LogP contribution in [0.5, 0.6) is 0 Å². The SMILES string of the molecule is c1ccc(-c2c(-c3ccccc3)n(-c3ccc(N(c4ccccc4)c4ccccc4)cc3)c3ccc(-c4ccc5c(c4)c(-c4ccccc4)c(-c4ccccc4)n5-c4ccc(N(c5ccccc5)c5ccccc5)cc4)cc23)cc1. The molecule has 80 heavy (non-hydrogen) atoms. The summed E-state index contributed by atoms with van der Waals surface area (Å²) in [6.07, 6.45) is 0. The Bertz CT molecular complexity index is 4020. The number of para-hydroxylation sites is 4. The molecule has 0 N–H and O–H groups in total. The summed E-state index contributed by atoms with van der Waals surface area (Å²) >= 11 is 0. The smallest absolute Gasteiger partial charge is 0.0619 e. The topological polar surface area (TPSA) is 16.3 Å². The van der Waals surface area contributed by atoms with E-state index in [1.54, 1.807) is 0 Å². The van der Waals surface area contributed by atoms with Gasteiger partial charge in [-0.25, -0.2) is 0 Å². The predicted octanol–water partition coefficient (Wildman–Crippen LogP) is 20.8. The molecule has 12 aromatic carbocycles. The lowest BCUT2D eigenvalue weighted by Crippen LogP contribution is -2.09. The fourth-order valence-electron chi connectivity index (χ4n) is 11.7. The maximum Gasteiger partial charge on any atom is 0.0619 e. The Morgan fingerprint density at radius 2 is 0.450 bits per heavy atom. The first kappa shape index (κ1) is 47.7. The molecule has 0 fully saturated rings. The van der Waals surface area contributed by atoms with Gasteiger partial charge in [0, 0.05) is 67.4 Å². The minimum absolute atomic E-state index is 1.08. The maximum absolute atomic E-state index is 2.46. The molecule has 0 aliphatic rings. The van der Waals surface area contributed by atoms with E-state index < -0.39 is 0 Å². The second kappa shape index (κ2) is 21.0. The second-order valence-corrected chi connectivity index (χ2v) is 20.1. The average Bonchev–Trinajstić information content (AvgIpc) is 4.16. The molecule has 4 nitrogen and oxygen atoms in total. The summed E-state index contributed by atoms with van der Waals surface area (Å²) in [5, 5.41) is 2.36. The zero-order chi connectivity index (χ0) is 53.2. The van der Waals surface area contributed by atoms with Crippen LogP contribution in [0.25, 0.3) is 89.1 Å². The molecule has 0 radical (unpaired) electrons. The minimum Gasteiger partial charge on any atom is -0.311 e. The number of anilines is 6. The minimum atomic E-state index is 1.08. The zero-order valence-corrected chi connectivity index (χ0v) is 44.0. The highest BCUT2D eigenvalue weighted by molar-refractivity contribution is 6.10. The summed E-state index contributed by atoms with van der Waals surface area (Å²) in [6.45, 7) is 0. The van der Waals surface area contributed by atoms with E-state index in [0.717, 1.165) is 101 Å². The van der Waals surface area contributed by atoms with Crippen LogP contribution in [0.4, 0.5) is 34.1 Å². The number of aromatic nitrogens is 2. The van der Waals surface area contributed by atoms with E-state index in [-0.39, 0.29) is 0 Å². The molecule has 2 aromatic heterocycles. The summed E-state index contributed by atoms with van der Waals surface area (Å²) in [5.41, 5.74) is 22.6. The Hall–Kier alpha value is -10.7. The Kier molecular flexibility index (Phi) is 12.6. The Morgan fingerprint density at radius 3 is 0.738 bits per heavy atom. The van der Waals surface area contributed by atoms with Gasteiger partial charge in [0.25, 0.3) is 0 Å². The lowest BCUT2D eigenvalue weighted by Gasteiger charge is -2.25. The van der Waals surface area contributed by atoms with Crippen LogP contribution in [-0.4, -0.2) is 9.13 Å². The van der Waals surface area contributed by atoms with Crippen molar-refractivity contribution in [3.8, 4) is 67.3 Å². The van der Waals surface area contributed by atoms with Gasteiger partial charge in [-0.3, -0.25) is 0 Å². The molecule has 0 unspecified atom stereocenters. The van der Waals surface area contributed by atoms with Gasteiger partial charge in [0.2, 0.25) is 0 Å². The Balaban J connectivity index is 0.955. The van der Waals surface area contributed by atoms with Gasteiger partial charge in [-0.1, -0.05) is 206 Å². The van der Waals surface area contributed by atoms with Crippen molar-refractivity contribution in [1.29, 1.82) is 0 Å². The van der Waals surface area contributed by atoms with Crippen molar-refractivity contribution in [2.24, 2.45) is 0 Å². The van der Waals surface area contributed by atoms with Gasteiger partial charge in [0.1, 0.15) is 0 Å². The number of hydrogen-bond acceptors (Lipinski definition) is 2. The normalized spacial score (nSPS) is 11.2. The number of benzene rings is 12. The molecule has 0 bridgehead atoms. The first-order valence-corrected chi connectivity index (χ1v) is 27.3. The summed E-state index contributed by atoms with van der Waals surface area (Å²) in [4.78, 5) is 4.63. The van der Waals surface area contributed by atoms with Gasteiger partial charge >= 0.3 is 0 Å². The molecule has 14 rings (SSSR count). The third kappa shape index (κ3) is 8.81. The fourth-order valence-corrected chi connectivity index (χ4v) is 11.7. The van der Waals surface area contributed by atoms with Crippen LogP contribution in [-0.2, 0) is 0 Å². The lowest BCUT2D eigenvalue weighted by atomic mass is 9.94. The van der Waals surface area contributed by atoms with Gasteiger partial charge in [-0.2, -0.15) is 0 Å². The van der Waals surface area contributed by atoms with E-state index in [0.29, 0.717) is 0 Å². The van der Waals surface area contributed by atoms with Crippen molar-refractivity contribution in [2.75, 3.05) is 9.80 Å². The van der Waals surface area contributed by atoms with E-state index in [4.69, 9.17) is 0 Å². The largest absolute Gasteiger partial charge is 0.311 e. The van der Waals surface area contributed by atoms with E-state index in [9.17, 15) is 0 Å². The van der Waals surface area contributed by atoms with Gasteiger partial charge < -0.3 is 18.9 Å². The predicted molar refractivity (Wildman–Crippen MR) is 337 cm³/mol. The van der Waals surface area contributed by atoms with Gasteiger partial charge in [0.05, 0.1) is 22.4 Å². The summed E-state index contributed by atoms with van der Waals surface area (Å²) in [5.74, 6) is 0. The van der Waals surface area contributed by atoms with Crippen molar-refractivity contribution < 1.29 is 0 Å². The molecule has 0 aliphatic carbocycles. The van der Waals surface area contributed by atoms with Crippen molar-refractivity contribution in [3.05, 3.63) is 328 Å². The third-order valence-corrected chi connectivity index (χ3v) is 15.3. The van der Waals surface area contributed by atoms with E-state index >= 15 is 0 Å². The summed E-state index contributed by atoms with van der Waals surface area (Å²) in [6, 6.07) is 118. The molecule has 0 aliphatic heterocycles. The van der Waals surface area contributed by atoms with Gasteiger partial charge in [-0.05, 0) is 155 Å². The number of fused-ring (bicyclic) bond motifs is 2.